The lowest BCUT2D eigenvalue weighted by atomic mass is 10.0. The van der Waals surface area contributed by atoms with Crippen molar-refractivity contribution in [3.8, 4) is 0 Å². The smallest absolute Gasteiger partial charge is 0.159 e. The van der Waals surface area contributed by atoms with E-state index in [-0.39, 0.29) is 5.84 Å². The highest BCUT2D eigenvalue weighted by Gasteiger charge is 2.15. The number of fused-ring (bicyclic) bond motifs is 1. The van der Waals surface area contributed by atoms with E-state index >= 15 is 0 Å². The topological polar surface area (TPSA) is 76.4 Å². The number of hydrogen-bond donors (Lipinski definition) is 2. The summed E-state index contributed by atoms with van der Waals surface area (Å²) in [4.78, 5) is 4.31. The van der Waals surface area contributed by atoms with E-state index in [1.165, 1.54) is 24.2 Å². The maximum Gasteiger partial charge on any atom is 0.159 e. The van der Waals surface area contributed by atoms with Gasteiger partial charge in [0, 0.05) is 5.69 Å². The fraction of sp³-hybridized carbons (Fsp3) is 0.556. The molecule has 76 valence electrons. The quantitative estimate of drug-likeness (QED) is 0.311. The fourth-order valence-corrected chi connectivity index (χ4v) is 1.87. The molecule has 0 fully saturated rings. The van der Waals surface area contributed by atoms with Gasteiger partial charge in [0.25, 0.3) is 0 Å². The molecule has 1 aliphatic rings. The highest BCUT2D eigenvalue weighted by Crippen LogP contribution is 2.19. The molecule has 1 aromatic heterocycles. The van der Waals surface area contributed by atoms with Crippen LogP contribution in [-0.4, -0.2) is 20.6 Å². The molecule has 0 aromatic carbocycles. The number of aryl methyl sites for hydroxylation is 1. The molecule has 1 aromatic rings. The summed E-state index contributed by atoms with van der Waals surface area (Å²) in [5.74, 6) is 0.218. The second-order valence-corrected chi connectivity index (χ2v) is 3.56. The molecule has 1 heterocycles. The molecular formula is C9H14N4O. The summed E-state index contributed by atoms with van der Waals surface area (Å²) < 4.78 is 1.96. The van der Waals surface area contributed by atoms with Crippen LogP contribution in [0.15, 0.2) is 11.5 Å². The molecule has 0 amide bonds. The van der Waals surface area contributed by atoms with Gasteiger partial charge in [0.2, 0.25) is 0 Å². The van der Waals surface area contributed by atoms with Crippen LogP contribution >= 0.6 is 0 Å². The first-order chi connectivity index (χ1) is 6.81. The molecular weight excluding hydrogens is 180 g/mol. The normalized spacial score (nSPS) is 16.7. The van der Waals surface area contributed by atoms with Crippen molar-refractivity contribution in [2.45, 2.75) is 32.2 Å². The second-order valence-electron chi connectivity index (χ2n) is 3.56. The summed E-state index contributed by atoms with van der Waals surface area (Å²) in [6.07, 6.45) is 6.29. The average Bonchev–Trinajstić information content (AvgIpc) is 2.62. The molecule has 1 aliphatic carbocycles. The molecule has 0 spiro atoms. The van der Waals surface area contributed by atoms with E-state index in [2.05, 4.69) is 10.1 Å². The maximum absolute atomic E-state index is 8.47. The second kappa shape index (κ2) is 3.69. The molecule has 0 unspecified atom stereocenters. The van der Waals surface area contributed by atoms with Gasteiger partial charge in [-0.2, -0.15) is 0 Å². The van der Waals surface area contributed by atoms with Crippen LogP contribution in [0.1, 0.15) is 24.2 Å². The molecule has 5 heteroatoms. The molecule has 0 saturated carbocycles. The van der Waals surface area contributed by atoms with Gasteiger partial charge in [-0.1, -0.05) is 5.16 Å². The van der Waals surface area contributed by atoms with Gasteiger partial charge in [0.1, 0.15) is 0 Å². The van der Waals surface area contributed by atoms with Crippen LogP contribution in [-0.2, 0) is 19.4 Å². The van der Waals surface area contributed by atoms with Crippen LogP contribution in [0.2, 0.25) is 0 Å². The van der Waals surface area contributed by atoms with Crippen LogP contribution in [0.5, 0.6) is 0 Å². The zero-order valence-electron chi connectivity index (χ0n) is 7.98. The number of imidazole rings is 1. The summed E-state index contributed by atoms with van der Waals surface area (Å²) in [6.45, 7) is 0.429. The molecule has 14 heavy (non-hydrogen) atoms. The lowest BCUT2D eigenvalue weighted by Gasteiger charge is -2.13. The Balaban J connectivity index is 2.22. The Bertz CT molecular complexity index is 356. The number of rotatable bonds is 2. The van der Waals surface area contributed by atoms with Crippen molar-refractivity contribution in [2.24, 2.45) is 10.9 Å². The van der Waals surface area contributed by atoms with Crippen molar-refractivity contribution in [1.82, 2.24) is 9.55 Å². The van der Waals surface area contributed by atoms with E-state index < -0.39 is 0 Å². The van der Waals surface area contributed by atoms with E-state index in [9.17, 15) is 0 Å². The first-order valence-electron chi connectivity index (χ1n) is 4.80. The number of amidine groups is 1. The van der Waals surface area contributed by atoms with Gasteiger partial charge in [0.15, 0.2) is 5.84 Å². The van der Waals surface area contributed by atoms with Gasteiger partial charge in [0.05, 0.1) is 18.6 Å². The van der Waals surface area contributed by atoms with Gasteiger partial charge in [-0.15, -0.1) is 0 Å². The van der Waals surface area contributed by atoms with E-state index in [0.717, 1.165) is 12.8 Å². The van der Waals surface area contributed by atoms with Crippen molar-refractivity contribution in [3.05, 3.63) is 17.7 Å². The van der Waals surface area contributed by atoms with Crippen molar-refractivity contribution in [1.29, 1.82) is 0 Å². The summed E-state index contributed by atoms with van der Waals surface area (Å²) >= 11 is 0. The monoisotopic (exact) mass is 194 g/mol. The average molecular weight is 194 g/mol. The lowest BCUT2D eigenvalue weighted by Crippen LogP contribution is -2.21. The van der Waals surface area contributed by atoms with Crippen LogP contribution in [0, 0.1) is 0 Å². The van der Waals surface area contributed by atoms with Crippen molar-refractivity contribution >= 4 is 5.84 Å². The zero-order chi connectivity index (χ0) is 9.97. The summed E-state index contributed by atoms with van der Waals surface area (Å²) in [6, 6.07) is 0. The minimum absolute atomic E-state index is 0.218. The Morgan fingerprint density at radius 3 is 3.14 bits per heavy atom. The van der Waals surface area contributed by atoms with Gasteiger partial charge >= 0.3 is 0 Å². The minimum Gasteiger partial charge on any atom is -0.409 e. The number of nitrogens with two attached hydrogens (primary N) is 1. The van der Waals surface area contributed by atoms with E-state index in [0.29, 0.717) is 6.54 Å². The number of oxime groups is 1. The Kier molecular flexibility index (Phi) is 2.39. The highest BCUT2D eigenvalue weighted by molar-refractivity contribution is 5.79. The number of aromatic nitrogens is 2. The third-order valence-electron chi connectivity index (χ3n) is 2.57. The molecule has 2 rings (SSSR count). The number of nitrogens with zero attached hydrogens (tertiary/aromatic N) is 3. The molecule has 0 atom stereocenters. The highest BCUT2D eigenvalue weighted by atomic mass is 16.4. The molecule has 3 N–H and O–H groups in total. The predicted molar refractivity (Wildman–Crippen MR) is 52.3 cm³/mol. The Labute approximate surface area is 82.2 Å². The van der Waals surface area contributed by atoms with Gasteiger partial charge in [-0.25, -0.2) is 4.98 Å². The fourth-order valence-electron chi connectivity index (χ4n) is 1.87. The Hall–Kier alpha value is -1.52. The van der Waals surface area contributed by atoms with Crippen molar-refractivity contribution in [2.75, 3.05) is 0 Å². The number of hydrogen-bond acceptors (Lipinski definition) is 3. The van der Waals surface area contributed by atoms with E-state index in [1.54, 1.807) is 6.33 Å². The van der Waals surface area contributed by atoms with Crippen molar-refractivity contribution < 1.29 is 5.21 Å². The largest absolute Gasteiger partial charge is 0.409 e. The van der Waals surface area contributed by atoms with Crippen LogP contribution in [0.3, 0.4) is 0 Å². The van der Waals surface area contributed by atoms with Crippen LogP contribution in [0.25, 0.3) is 0 Å². The van der Waals surface area contributed by atoms with Gasteiger partial charge < -0.3 is 15.5 Å². The Morgan fingerprint density at radius 1 is 1.57 bits per heavy atom. The molecule has 5 nitrogen and oxygen atoms in total. The van der Waals surface area contributed by atoms with E-state index in [4.69, 9.17) is 10.9 Å². The van der Waals surface area contributed by atoms with Gasteiger partial charge in [-0.05, 0) is 25.7 Å². The standard InChI is InChI=1S/C9H14N4O/c10-9(12-14)5-13-6-11-7-3-1-2-4-8(7)13/h6,14H,1-5H2,(H2,10,12). The third kappa shape index (κ3) is 1.57. The third-order valence-corrected chi connectivity index (χ3v) is 2.57. The Morgan fingerprint density at radius 2 is 2.36 bits per heavy atom. The van der Waals surface area contributed by atoms with Crippen molar-refractivity contribution in [3.63, 3.8) is 0 Å². The lowest BCUT2D eigenvalue weighted by molar-refractivity contribution is 0.316. The summed E-state index contributed by atoms with van der Waals surface area (Å²) in [5, 5.41) is 11.4. The molecule has 0 radical (unpaired) electrons. The predicted octanol–water partition coefficient (Wildman–Crippen LogP) is 0.508. The SMILES string of the molecule is NC(Cn1cnc2c1CCCC2)=NO. The first kappa shape index (κ1) is 9.05. The maximum atomic E-state index is 8.47. The summed E-state index contributed by atoms with van der Waals surface area (Å²) in [5.41, 5.74) is 7.86. The molecule has 0 bridgehead atoms. The van der Waals surface area contributed by atoms with Crippen LogP contribution < -0.4 is 5.73 Å². The summed E-state index contributed by atoms with van der Waals surface area (Å²) in [7, 11) is 0. The molecule has 0 saturated heterocycles. The van der Waals surface area contributed by atoms with Gasteiger partial charge in [-0.3, -0.25) is 0 Å². The molecule has 0 aliphatic heterocycles. The van der Waals surface area contributed by atoms with E-state index in [1.807, 2.05) is 4.57 Å². The van der Waals surface area contributed by atoms with Crippen LogP contribution in [0.4, 0.5) is 0 Å². The minimum atomic E-state index is 0.218. The first-order valence-corrected chi connectivity index (χ1v) is 4.80. The zero-order valence-corrected chi connectivity index (χ0v) is 7.98.